The SMILES string of the molecule is COc1oc(NCCCCCNc2nc(C#N)c(OC)o2)nc1C#N. The van der Waals surface area contributed by atoms with Gasteiger partial charge in [-0.3, -0.25) is 0 Å². The van der Waals surface area contributed by atoms with Crippen LogP contribution in [0.15, 0.2) is 8.83 Å². The first-order valence-electron chi connectivity index (χ1n) is 7.59. The maximum absolute atomic E-state index is 8.85. The van der Waals surface area contributed by atoms with Gasteiger partial charge in [-0.15, -0.1) is 0 Å². The van der Waals surface area contributed by atoms with Gasteiger partial charge in [0.05, 0.1) is 14.2 Å². The second-order valence-electron chi connectivity index (χ2n) is 4.86. The molecule has 0 aliphatic heterocycles. The van der Waals surface area contributed by atoms with Gasteiger partial charge in [-0.2, -0.15) is 20.5 Å². The number of unbranched alkanes of at least 4 members (excludes halogenated alkanes) is 2. The summed E-state index contributed by atoms with van der Waals surface area (Å²) in [5.74, 6) is 0.208. The molecule has 0 aromatic carbocycles. The van der Waals surface area contributed by atoms with Gasteiger partial charge in [0.1, 0.15) is 12.1 Å². The van der Waals surface area contributed by atoms with Gasteiger partial charge in [0.2, 0.25) is 11.4 Å². The zero-order valence-electron chi connectivity index (χ0n) is 14.0. The number of nitriles is 2. The molecule has 0 aliphatic rings. The minimum atomic E-state index is 0.104. The standard InChI is InChI=1S/C15H18N6O4/c1-22-12-10(8-16)20-14(24-12)18-6-4-3-5-7-19-15-21-11(9-17)13(23-2)25-15/h3-7H2,1-2H3,(H,18,20)(H,19,21). The normalized spacial score (nSPS) is 9.92. The molecule has 0 saturated heterocycles. The molecule has 0 amide bonds. The van der Waals surface area contributed by atoms with E-state index in [9.17, 15) is 0 Å². The summed E-state index contributed by atoms with van der Waals surface area (Å²) in [6.07, 6.45) is 2.70. The first kappa shape index (κ1) is 17.9. The van der Waals surface area contributed by atoms with Crippen molar-refractivity contribution in [2.24, 2.45) is 0 Å². The van der Waals surface area contributed by atoms with E-state index >= 15 is 0 Å². The smallest absolute Gasteiger partial charge is 0.325 e. The molecule has 0 spiro atoms. The molecule has 2 heterocycles. The van der Waals surface area contributed by atoms with Gasteiger partial charge in [-0.25, -0.2) is 0 Å². The number of hydrogen-bond acceptors (Lipinski definition) is 10. The van der Waals surface area contributed by atoms with Gasteiger partial charge >= 0.3 is 11.9 Å². The zero-order chi connectivity index (χ0) is 18.1. The summed E-state index contributed by atoms with van der Waals surface area (Å²) in [4.78, 5) is 7.93. The fourth-order valence-corrected chi connectivity index (χ4v) is 2.00. The third-order valence-electron chi connectivity index (χ3n) is 3.18. The molecule has 0 radical (unpaired) electrons. The highest BCUT2D eigenvalue weighted by molar-refractivity contribution is 5.37. The number of nitrogens with zero attached hydrogens (tertiary/aromatic N) is 4. The quantitative estimate of drug-likeness (QED) is 0.614. The van der Waals surface area contributed by atoms with Gasteiger partial charge in [0.15, 0.2) is 0 Å². The number of aromatic nitrogens is 2. The Morgan fingerprint density at radius 2 is 1.28 bits per heavy atom. The maximum atomic E-state index is 8.85. The van der Waals surface area contributed by atoms with Crippen LogP contribution in [0.3, 0.4) is 0 Å². The second-order valence-corrected chi connectivity index (χ2v) is 4.86. The third-order valence-corrected chi connectivity index (χ3v) is 3.18. The first-order valence-corrected chi connectivity index (χ1v) is 7.59. The molecule has 2 rings (SSSR count). The lowest BCUT2D eigenvalue weighted by Gasteiger charge is -2.03. The molecule has 2 aromatic rings. The molecule has 0 atom stereocenters. The van der Waals surface area contributed by atoms with E-state index in [1.165, 1.54) is 14.2 Å². The Labute approximate surface area is 144 Å². The molecular formula is C15H18N6O4. The lowest BCUT2D eigenvalue weighted by molar-refractivity contribution is 0.308. The highest BCUT2D eigenvalue weighted by atomic mass is 16.6. The van der Waals surface area contributed by atoms with Crippen LogP contribution in [-0.2, 0) is 0 Å². The van der Waals surface area contributed by atoms with E-state index in [0.717, 1.165) is 19.3 Å². The summed E-state index contributed by atoms with van der Waals surface area (Å²) in [6, 6.07) is 4.32. The molecule has 2 N–H and O–H groups in total. The second kappa shape index (κ2) is 9.03. The summed E-state index contributed by atoms with van der Waals surface area (Å²) >= 11 is 0. The Morgan fingerprint density at radius 3 is 1.60 bits per heavy atom. The molecule has 0 unspecified atom stereocenters. The molecule has 0 bridgehead atoms. The van der Waals surface area contributed by atoms with Crippen LogP contribution in [0.5, 0.6) is 11.9 Å². The van der Waals surface area contributed by atoms with E-state index in [4.69, 9.17) is 28.8 Å². The van der Waals surface area contributed by atoms with Crippen molar-refractivity contribution in [2.75, 3.05) is 37.9 Å². The summed E-state index contributed by atoms with van der Waals surface area (Å²) in [5, 5.41) is 23.7. The number of rotatable bonds is 10. The van der Waals surface area contributed by atoms with Gasteiger partial charge < -0.3 is 28.9 Å². The highest BCUT2D eigenvalue weighted by Gasteiger charge is 2.13. The molecule has 132 valence electrons. The Kier molecular flexibility index (Phi) is 6.48. The molecule has 10 nitrogen and oxygen atoms in total. The fraction of sp³-hybridized carbons (Fsp3) is 0.467. The van der Waals surface area contributed by atoms with Crippen LogP contribution in [0.25, 0.3) is 0 Å². The predicted octanol–water partition coefficient (Wildman–Crippen LogP) is 2.12. The van der Waals surface area contributed by atoms with Crippen molar-refractivity contribution >= 4 is 12.0 Å². The number of nitrogens with one attached hydrogen (secondary N) is 2. The van der Waals surface area contributed by atoms with Crippen LogP contribution < -0.4 is 20.1 Å². The Bertz CT molecular complexity index is 706. The average molecular weight is 346 g/mol. The van der Waals surface area contributed by atoms with Crippen LogP contribution in [0.4, 0.5) is 12.0 Å². The number of methoxy groups -OCH3 is 2. The lowest BCUT2D eigenvalue weighted by Crippen LogP contribution is -2.05. The van der Waals surface area contributed by atoms with E-state index in [-0.39, 0.29) is 35.3 Å². The van der Waals surface area contributed by atoms with Gasteiger partial charge in [-0.1, -0.05) is 0 Å². The van der Waals surface area contributed by atoms with Crippen molar-refractivity contribution in [1.29, 1.82) is 10.5 Å². The van der Waals surface area contributed by atoms with Crippen LogP contribution in [0.1, 0.15) is 30.7 Å². The molecule has 0 aliphatic carbocycles. The number of anilines is 2. The van der Waals surface area contributed by atoms with Crippen molar-refractivity contribution < 1.29 is 18.3 Å². The van der Waals surface area contributed by atoms with Crippen LogP contribution >= 0.6 is 0 Å². The molecule has 10 heteroatoms. The summed E-state index contributed by atoms with van der Waals surface area (Å²) in [6.45, 7) is 1.31. The van der Waals surface area contributed by atoms with Crippen molar-refractivity contribution in [1.82, 2.24) is 9.97 Å². The van der Waals surface area contributed by atoms with Crippen molar-refractivity contribution in [2.45, 2.75) is 19.3 Å². The molecule has 2 aromatic heterocycles. The largest absolute Gasteiger partial charge is 0.466 e. The van der Waals surface area contributed by atoms with Crippen molar-refractivity contribution in [3.8, 4) is 24.0 Å². The molecular weight excluding hydrogens is 328 g/mol. The Balaban J connectivity index is 1.62. The van der Waals surface area contributed by atoms with Gasteiger partial charge in [-0.05, 0) is 19.3 Å². The third kappa shape index (κ3) is 4.78. The number of oxazole rings is 2. The number of hydrogen-bond donors (Lipinski definition) is 2. The van der Waals surface area contributed by atoms with E-state index in [2.05, 4.69) is 20.6 Å². The van der Waals surface area contributed by atoms with E-state index < -0.39 is 0 Å². The number of ether oxygens (including phenoxy) is 2. The summed E-state index contributed by atoms with van der Waals surface area (Å²) in [7, 11) is 2.84. The predicted molar refractivity (Wildman–Crippen MR) is 86.4 cm³/mol. The van der Waals surface area contributed by atoms with E-state index in [1.807, 2.05) is 12.1 Å². The van der Waals surface area contributed by atoms with Crippen LogP contribution in [0, 0.1) is 22.7 Å². The van der Waals surface area contributed by atoms with Gasteiger partial charge in [0, 0.05) is 13.1 Å². The zero-order valence-corrected chi connectivity index (χ0v) is 14.0. The topological polar surface area (TPSA) is 142 Å². The molecule has 25 heavy (non-hydrogen) atoms. The lowest BCUT2D eigenvalue weighted by atomic mass is 10.2. The molecule has 0 fully saturated rings. The van der Waals surface area contributed by atoms with E-state index in [1.54, 1.807) is 0 Å². The summed E-state index contributed by atoms with van der Waals surface area (Å²) in [5.41, 5.74) is 0.236. The summed E-state index contributed by atoms with van der Waals surface area (Å²) < 4.78 is 20.3. The maximum Gasteiger partial charge on any atom is 0.325 e. The van der Waals surface area contributed by atoms with Crippen LogP contribution in [-0.4, -0.2) is 37.3 Å². The Hall–Kier alpha value is -3.40. The first-order chi connectivity index (χ1) is 12.2. The minimum Gasteiger partial charge on any atom is -0.466 e. The highest BCUT2D eigenvalue weighted by Crippen LogP contribution is 2.22. The molecule has 0 saturated carbocycles. The average Bonchev–Trinajstić information content (AvgIpc) is 3.23. The minimum absolute atomic E-state index is 0.104. The monoisotopic (exact) mass is 346 g/mol. The Morgan fingerprint density at radius 1 is 0.840 bits per heavy atom. The van der Waals surface area contributed by atoms with Gasteiger partial charge in [0.25, 0.3) is 12.0 Å². The fourth-order valence-electron chi connectivity index (χ4n) is 2.00. The van der Waals surface area contributed by atoms with E-state index in [0.29, 0.717) is 13.1 Å². The van der Waals surface area contributed by atoms with Crippen molar-refractivity contribution in [3.05, 3.63) is 11.4 Å². The van der Waals surface area contributed by atoms with Crippen molar-refractivity contribution in [3.63, 3.8) is 0 Å². The van der Waals surface area contributed by atoms with Crippen LogP contribution in [0.2, 0.25) is 0 Å².